The highest BCUT2D eigenvalue weighted by Gasteiger charge is 2.33. The van der Waals surface area contributed by atoms with Crippen LogP contribution in [0.25, 0.3) is 0 Å². The van der Waals surface area contributed by atoms with Crippen molar-refractivity contribution in [3.8, 4) is 6.07 Å². The highest BCUT2D eigenvalue weighted by Crippen LogP contribution is 2.23. The molecule has 1 aromatic heterocycles. The fourth-order valence-corrected chi connectivity index (χ4v) is 3.62. The van der Waals surface area contributed by atoms with Gasteiger partial charge in [-0.05, 0) is 36.1 Å². The quantitative estimate of drug-likeness (QED) is 0.300. The van der Waals surface area contributed by atoms with E-state index in [2.05, 4.69) is 11.9 Å². The van der Waals surface area contributed by atoms with Crippen LogP contribution in [0.5, 0.6) is 0 Å². The molecule has 0 saturated carbocycles. The Morgan fingerprint density at radius 3 is 2.37 bits per heavy atom. The maximum atomic E-state index is 13.2. The van der Waals surface area contributed by atoms with Gasteiger partial charge >= 0.3 is 5.97 Å². The molecule has 1 aromatic carbocycles. The number of hydrogen-bond acceptors (Lipinski definition) is 6. The van der Waals surface area contributed by atoms with Crippen LogP contribution in [0.4, 0.5) is 0 Å². The van der Waals surface area contributed by atoms with Gasteiger partial charge in [0.15, 0.2) is 11.6 Å². The molecule has 1 heterocycles. The Balaban J connectivity index is 2.27. The average molecular weight is 478 g/mol. The minimum atomic E-state index is -1.02. The number of Topliss-reactive ketones (excluding diaryl/α,β-unsaturated/α-hetero) is 2. The van der Waals surface area contributed by atoms with Crippen LogP contribution in [-0.4, -0.2) is 40.7 Å². The molecule has 2 rings (SSSR count). The Hall–Kier alpha value is -3.99. The van der Waals surface area contributed by atoms with Gasteiger partial charge in [-0.2, -0.15) is 5.26 Å². The molecule has 0 aliphatic rings. The van der Waals surface area contributed by atoms with Crippen molar-refractivity contribution in [2.75, 3.05) is 6.61 Å². The Kier molecular flexibility index (Phi) is 9.29. The third-order valence-electron chi connectivity index (χ3n) is 5.43. The van der Waals surface area contributed by atoms with E-state index in [0.29, 0.717) is 11.1 Å². The number of benzene rings is 1. The van der Waals surface area contributed by atoms with E-state index >= 15 is 0 Å². The normalized spacial score (nSPS) is 12.7. The van der Waals surface area contributed by atoms with Gasteiger partial charge in [0.05, 0.1) is 24.1 Å². The van der Waals surface area contributed by atoms with E-state index in [4.69, 9.17) is 10.00 Å². The first-order valence-corrected chi connectivity index (χ1v) is 11.2. The third-order valence-corrected chi connectivity index (χ3v) is 5.43. The van der Waals surface area contributed by atoms with Crippen LogP contribution < -0.4 is 5.32 Å². The molecule has 184 valence electrons. The Morgan fingerprint density at radius 1 is 1.17 bits per heavy atom. The third kappa shape index (κ3) is 7.78. The van der Waals surface area contributed by atoms with Crippen LogP contribution in [0.3, 0.4) is 0 Å². The van der Waals surface area contributed by atoms with Gasteiger partial charge in [0.1, 0.15) is 12.6 Å². The summed E-state index contributed by atoms with van der Waals surface area (Å²) in [6.45, 7) is 10.4. The zero-order chi connectivity index (χ0) is 26.2. The number of rotatable bonds is 11. The van der Waals surface area contributed by atoms with E-state index < -0.39 is 29.4 Å². The summed E-state index contributed by atoms with van der Waals surface area (Å²) in [6.07, 6.45) is 4.32. The molecule has 0 saturated heterocycles. The number of nitriles is 1. The Labute approximate surface area is 205 Å². The molecular weight excluding hydrogens is 446 g/mol. The van der Waals surface area contributed by atoms with Gasteiger partial charge in [0.2, 0.25) is 5.91 Å². The Bertz CT molecular complexity index is 1130. The van der Waals surface area contributed by atoms with Gasteiger partial charge in [-0.3, -0.25) is 19.2 Å². The van der Waals surface area contributed by atoms with Gasteiger partial charge in [0.25, 0.3) is 0 Å². The van der Waals surface area contributed by atoms with Gasteiger partial charge in [-0.25, -0.2) is 0 Å². The van der Waals surface area contributed by atoms with E-state index in [1.54, 1.807) is 36.5 Å². The lowest BCUT2D eigenvalue weighted by molar-refractivity contribution is -0.145. The molecule has 0 fully saturated rings. The highest BCUT2D eigenvalue weighted by molar-refractivity contribution is 5.97. The predicted molar refractivity (Wildman–Crippen MR) is 131 cm³/mol. The predicted octanol–water partition coefficient (Wildman–Crippen LogP) is 3.57. The van der Waals surface area contributed by atoms with Crippen molar-refractivity contribution in [2.24, 2.45) is 5.41 Å². The summed E-state index contributed by atoms with van der Waals surface area (Å²) < 4.78 is 6.54. The second kappa shape index (κ2) is 11.9. The van der Waals surface area contributed by atoms with Crippen LogP contribution in [0.2, 0.25) is 0 Å². The lowest BCUT2D eigenvalue weighted by atomic mass is 9.84. The number of ketones is 2. The summed E-state index contributed by atoms with van der Waals surface area (Å²) >= 11 is 0. The van der Waals surface area contributed by atoms with Crippen LogP contribution >= 0.6 is 0 Å². The van der Waals surface area contributed by atoms with Gasteiger partial charge in [0, 0.05) is 24.4 Å². The number of carbonyl (C=O) groups is 4. The first-order valence-electron chi connectivity index (χ1n) is 11.2. The van der Waals surface area contributed by atoms with E-state index in [-0.39, 0.29) is 31.0 Å². The van der Waals surface area contributed by atoms with Crippen molar-refractivity contribution in [3.05, 3.63) is 72.1 Å². The largest absolute Gasteiger partial charge is 0.461 e. The molecular formula is C27H31N3O5. The zero-order valence-electron chi connectivity index (χ0n) is 20.5. The summed E-state index contributed by atoms with van der Waals surface area (Å²) in [6, 6.07) is 8.55. The lowest BCUT2D eigenvalue weighted by Gasteiger charge is -2.31. The van der Waals surface area contributed by atoms with E-state index in [1.807, 2.05) is 26.8 Å². The smallest absolute Gasteiger partial charge is 0.308 e. The molecule has 0 spiro atoms. The van der Waals surface area contributed by atoms with Gasteiger partial charge < -0.3 is 14.6 Å². The SMILES string of the molecule is C=CCOC(=O)C[C@H](C(=O)N[C@H](C(C)=O)C(C)(C)C)n1ccc(C(=O)Cc2ccc(C#N)cc2)c1. The van der Waals surface area contributed by atoms with E-state index in [0.717, 1.165) is 5.56 Å². The number of nitrogens with one attached hydrogen (secondary N) is 1. The van der Waals surface area contributed by atoms with Crippen molar-refractivity contribution >= 4 is 23.4 Å². The first-order chi connectivity index (χ1) is 16.5. The van der Waals surface area contributed by atoms with Gasteiger partial charge in [-0.15, -0.1) is 0 Å². The number of hydrogen-bond donors (Lipinski definition) is 1. The molecule has 35 heavy (non-hydrogen) atoms. The molecule has 2 atom stereocenters. The summed E-state index contributed by atoms with van der Waals surface area (Å²) in [5.41, 5.74) is 1.08. The summed E-state index contributed by atoms with van der Waals surface area (Å²) in [4.78, 5) is 50.5. The maximum Gasteiger partial charge on any atom is 0.308 e. The van der Waals surface area contributed by atoms with E-state index in [9.17, 15) is 19.2 Å². The topological polar surface area (TPSA) is 118 Å². The molecule has 1 N–H and O–H groups in total. The van der Waals surface area contributed by atoms with Crippen molar-refractivity contribution in [3.63, 3.8) is 0 Å². The number of ether oxygens (including phenoxy) is 1. The molecule has 2 aromatic rings. The van der Waals surface area contributed by atoms with Crippen LogP contribution in [0, 0.1) is 16.7 Å². The summed E-state index contributed by atoms with van der Waals surface area (Å²) in [5.74, 6) is -1.53. The second-order valence-corrected chi connectivity index (χ2v) is 9.37. The monoisotopic (exact) mass is 477 g/mol. The lowest BCUT2D eigenvalue weighted by Crippen LogP contribution is -2.50. The zero-order valence-corrected chi connectivity index (χ0v) is 20.5. The number of carbonyl (C=O) groups excluding carboxylic acids is 4. The summed E-state index contributed by atoms with van der Waals surface area (Å²) in [7, 11) is 0. The van der Waals surface area contributed by atoms with Crippen LogP contribution in [0.1, 0.15) is 61.6 Å². The summed E-state index contributed by atoms with van der Waals surface area (Å²) in [5, 5.41) is 11.7. The molecule has 0 bridgehead atoms. The fraction of sp³-hybridized carbons (Fsp3) is 0.370. The first kappa shape index (κ1) is 27.3. The number of amides is 1. The molecule has 0 aliphatic heterocycles. The highest BCUT2D eigenvalue weighted by atomic mass is 16.5. The van der Waals surface area contributed by atoms with Gasteiger partial charge in [-0.1, -0.05) is 45.6 Å². The average Bonchev–Trinajstić information content (AvgIpc) is 3.29. The second-order valence-electron chi connectivity index (χ2n) is 9.37. The minimum absolute atomic E-state index is 0.00520. The van der Waals surface area contributed by atoms with Crippen LogP contribution in [-0.2, 0) is 25.5 Å². The maximum absolute atomic E-state index is 13.2. The van der Waals surface area contributed by atoms with Crippen molar-refractivity contribution in [1.29, 1.82) is 5.26 Å². The Morgan fingerprint density at radius 2 is 1.83 bits per heavy atom. The number of esters is 1. The molecule has 1 amide bonds. The van der Waals surface area contributed by atoms with E-state index in [1.165, 1.54) is 23.8 Å². The standard InChI is InChI=1S/C27H31N3O5/c1-6-13-35-24(33)15-22(26(34)29-25(18(2)31)27(3,4)5)30-12-11-21(17-30)23(32)14-19-7-9-20(16-28)10-8-19/h6-12,17,22,25H,1,13-15H2,2-5H3,(H,29,34)/t22-,25-/m1/s1. The minimum Gasteiger partial charge on any atom is -0.461 e. The fourth-order valence-electron chi connectivity index (χ4n) is 3.62. The number of aromatic nitrogens is 1. The van der Waals surface area contributed by atoms with Crippen LogP contribution in [0.15, 0.2) is 55.4 Å². The number of nitrogens with zero attached hydrogens (tertiary/aromatic N) is 2. The van der Waals surface area contributed by atoms with Crippen molar-refractivity contribution in [2.45, 2.75) is 52.6 Å². The molecule has 8 nitrogen and oxygen atoms in total. The molecule has 0 aliphatic carbocycles. The molecule has 0 radical (unpaired) electrons. The molecule has 0 unspecified atom stereocenters. The van der Waals surface area contributed by atoms with Crippen molar-refractivity contribution in [1.82, 2.24) is 9.88 Å². The molecule has 8 heteroatoms. The van der Waals surface area contributed by atoms with Crippen molar-refractivity contribution < 1.29 is 23.9 Å².